The largest absolute Gasteiger partial charge is 0.493 e. The Labute approximate surface area is 201 Å². The van der Waals surface area contributed by atoms with Gasteiger partial charge in [0.05, 0.1) is 24.3 Å². The zero-order chi connectivity index (χ0) is 22.7. The quantitative estimate of drug-likeness (QED) is 0.267. The van der Waals surface area contributed by atoms with Gasteiger partial charge in [-0.1, -0.05) is 53.2 Å². The number of benzene rings is 3. The zero-order valence-electron chi connectivity index (χ0n) is 17.8. The summed E-state index contributed by atoms with van der Waals surface area (Å²) in [6.07, 6.45) is 0. The van der Waals surface area contributed by atoms with E-state index in [1.54, 1.807) is 32.0 Å². The number of thioether (sulfide) groups is 1. The van der Waals surface area contributed by atoms with Crippen LogP contribution in [0.5, 0.6) is 11.5 Å². The van der Waals surface area contributed by atoms with E-state index in [-0.39, 0.29) is 0 Å². The van der Waals surface area contributed by atoms with Gasteiger partial charge in [-0.3, -0.25) is 4.57 Å². The van der Waals surface area contributed by atoms with Crippen molar-refractivity contribution in [2.75, 3.05) is 14.2 Å². The lowest BCUT2D eigenvalue weighted by molar-refractivity contribution is 0.355. The van der Waals surface area contributed by atoms with Crippen LogP contribution in [-0.2, 0) is 5.75 Å². The molecule has 0 spiro atoms. The van der Waals surface area contributed by atoms with Gasteiger partial charge in [-0.25, -0.2) is 0 Å². The molecule has 0 saturated heterocycles. The first-order valence-corrected chi connectivity index (χ1v) is 11.6. The van der Waals surface area contributed by atoms with Crippen molar-refractivity contribution in [3.05, 3.63) is 81.8 Å². The summed E-state index contributed by atoms with van der Waals surface area (Å²) in [6, 6.07) is 19.6. The SMILES string of the molecule is COc1ccc(-c2nnc(SCc3ccc(Cl)c(Cl)c3)n2-c2cccc(C)c2)cc1OC. The van der Waals surface area contributed by atoms with Crippen molar-refractivity contribution in [3.8, 4) is 28.6 Å². The third-order valence-corrected chi connectivity index (χ3v) is 6.63. The Morgan fingerprint density at radius 1 is 0.875 bits per heavy atom. The van der Waals surface area contributed by atoms with Crippen molar-refractivity contribution in [2.45, 2.75) is 17.8 Å². The topological polar surface area (TPSA) is 49.2 Å². The Balaban J connectivity index is 1.76. The predicted octanol–water partition coefficient (Wildman–Crippen LogP) is 6.86. The van der Waals surface area contributed by atoms with E-state index in [1.165, 1.54) is 0 Å². The van der Waals surface area contributed by atoms with Gasteiger partial charge in [-0.2, -0.15) is 0 Å². The molecule has 0 bridgehead atoms. The molecule has 0 radical (unpaired) electrons. The molecule has 0 aliphatic rings. The van der Waals surface area contributed by atoms with Crippen LogP contribution in [-0.4, -0.2) is 29.0 Å². The molecule has 32 heavy (non-hydrogen) atoms. The average Bonchev–Trinajstić information content (AvgIpc) is 3.23. The summed E-state index contributed by atoms with van der Waals surface area (Å²) >= 11 is 13.8. The van der Waals surface area contributed by atoms with Crippen molar-refractivity contribution in [3.63, 3.8) is 0 Å². The van der Waals surface area contributed by atoms with E-state index in [4.69, 9.17) is 32.7 Å². The molecular formula is C24H21Cl2N3O2S. The molecule has 5 nitrogen and oxygen atoms in total. The minimum Gasteiger partial charge on any atom is -0.493 e. The maximum atomic E-state index is 6.18. The van der Waals surface area contributed by atoms with E-state index in [9.17, 15) is 0 Å². The van der Waals surface area contributed by atoms with E-state index in [0.717, 1.165) is 27.5 Å². The molecule has 4 aromatic rings. The van der Waals surface area contributed by atoms with Crippen molar-refractivity contribution >= 4 is 35.0 Å². The van der Waals surface area contributed by atoms with Crippen molar-refractivity contribution in [2.24, 2.45) is 0 Å². The number of methoxy groups -OCH3 is 2. The van der Waals surface area contributed by atoms with Gasteiger partial charge < -0.3 is 9.47 Å². The summed E-state index contributed by atoms with van der Waals surface area (Å²) in [5.74, 6) is 2.68. The minimum absolute atomic E-state index is 0.538. The van der Waals surface area contributed by atoms with Crippen LogP contribution in [0, 0.1) is 6.92 Å². The number of nitrogens with zero attached hydrogens (tertiary/aromatic N) is 3. The first-order valence-electron chi connectivity index (χ1n) is 9.81. The van der Waals surface area contributed by atoms with Gasteiger partial charge in [0.25, 0.3) is 0 Å². The number of ether oxygens (including phenoxy) is 2. The smallest absolute Gasteiger partial charge is 0.196 e. The Kier molecular flexibility index (Phi) is 6.94. The van der Waals surface area contributed by atoms with Crippen LogP contribution in [0.3, 0.4) is 0 Å². The van der Waals surface area contributed by atoms with Crippen LogP contribution in [0.4, 0.5) is 0 Å². The molecule has 164 valence electrons. The summed E-state index contributed by atoms with van der Waals surface area (Å²) < 4.78 is 12.9. The third kappa shape index (κ3) is 4.72. The van der Waals surface area contributed by atoms with Crippen LogP contribution in [0.15, 0.2) is 65.8 Å². The Morgan fingerprint density at radius 3 is 2.41 bits per heavy atom. The van der Waals surface area contributed by atoms with Crippen LogP contribution in [0.2, 0.25) is 10.0 Å². The molecule has 0 fully saturated rings. The van der Waals surface area contributed by atoms with E-state index in [2.05, 4.69) is 33.8 Å². The first-order chi connectivity index (χ1) is 15.5. The second kappa shape index (κ2) is 9.86. The standard InChI is InChI=1S/C24H21Cl2N3O2S/c1-15-5-4-6-18(11-15)29-23(17-8-10-21(30-2)22(13-17)31-3)27-28-24(29)32-14-16-7-9-19(25)20(26)12-16/h4-13H,14H2,1-3H3. The number of rotatable bonds is 7. The summed E-state index contributed by atoms with van der Waals surface area (Å²) in [6.45, 7) is 2.06. The van der Waals surface area contributed by atoms with E-state index >= 15 is 0 Å². The molecule has 0 unspecified atom stereocenters. The highest BCUT2D eigenvalue weighted by atomic mass is 35.5. The highest BCUT2D eigenvalue weighted by Gasteiger charge is 2.18. The lowest BCUT2D eigenvalue weighted by Gasteiger charge is -2.13. The zero-order valence-corrected chi connectivity index (χ0v) is 20.1. The summed E-state index contributed by atoms with van der Waals surface area (Å²) in [5.41, 5.74) is 4.06. The molecule has 1 aromatic heterocycles. The van der Waals surface area contributed by atoms with E-state index in [1.807, 2.05) is 42.5 Å². The molecule has 0 atom stereocenters. The van der Waals surface area contributed by atoms with Crippen LogP contribution < -0.4 is 9.47 Å². The summed E-state index contributed by atoms with van der Waals surface area (Å²) in [4.78, 5) is 0. The summed E-state index contributed by atoms with van der Waals surface area (Å²) in [5, 5.41) is 10.9. The average molecular weight is 486 g/mol. The lowest BCUT2D eigenvalue weighted by Crippen LogP contribution is -2.01. The van der Waals surface area contributed by atoms with Gasteiger partial charge in [0, 0.05) is 17.0 Å². The maximum absolute atomic E-state index is 6.18. The molecule has 8 heteroatoms. The van der Waals surface area contributed by atoms with Crippen molar-refractivity contribution < 1.29 is 9.47 Å². The van der Waals surface area contributed by atoms with Crippen molar-refractivity contribution in [1.82, 2.24) is 14.8 Å². The molecule has 0 aliphatic heterocycles. The number of aryl methyl sites for hydroxylation is 1. The van der Waals surface area contributed by atoms with Gasteiger partial charge in [0.15, 0.2) is 22.5 Å². The normalized spacial score (nSPS) is 10.9. The Hall–Kier alpha value is -2.67. The fourth-order valence-corrected chi connectivity index (χ4v) is 4.52. The summed E-state index contributed by atoms with van der Waals surface area (Å²) in [7, 11) is 3.23. The number of halogens is 2. The number of hydrogen-bond acceptors (Lipinski definition) is 5. The van der Waals surface area contributed by atoms with Gasteiger partial charge in [0.2, 0.25) is 0 Å². The highest BCUT2D eigenvalue weighted by molar-refractivity contribution is 7.98. The lowest BCUT2D eigenvalue weighted by atomic mass is 10.1. The molecular weight excluding hydrogens is 465 g/mol. The second-order valence-electron chi connectivity index (χ2n) is 7.09. The second-order valence-corrected chi connectivity index (χ2v) is 8.84. The van der Waals surface area contributed by atoms with Gasteiger partial charge >= 0.3 is 0 Å². The fraction of sp³-hybridized carbons (Fsp3) is 0.167. The molecule has 0 N–H and O–H groups in total. The predicted molar refractivity (Wildman–Crippen MR) is 131 cm³/mol. The van der Waals surface area contributed by atoms with Gasteiger partial charge in [0.1, 0.15) is 0 Å². The number of hydrogen-bond donors (Lipinski definition) is 0. The number of aromatic nitrogens is 3. The van der Waals surface area contributed by atoms with E-state index < -0.39 is 0 Å². The molecule has 4 rings (SSSR count). The first kappa shape index (κ1) is 22.5. The van der Waals surface area contributed by atoms with E-state index in [0.29, 0.717) is 33.1 Å². The third-order valence-electron chi connectivity index (χ3n) is 4.89. The minimum atomic E-state index is 0.538. The Morgan fingerprint density at radius 2 is 1.69 bits per heavy atom. The van der Waals surface area contributed by atoms with Crippen LogP contribution in [0.25, 0.3) is 17.1 Å². The molecule has 0 amide bonds. The Bertz CT molecular complexity index is 1260. The van der Waals surface area contributed by atoms with Gasteiger partial charge in [-0.15, -0.1) is 10.2 Å². The highest BCUT2D eigenvalue weighted by Crippen LogP contribution is 2.35. The van der Waals surface area contributed by atoms with Gasteiger partial charge in [-0.05, 0) is 60.5 Å². The molecule has 1 heterocycles. The van der Waals surface area contributed by atoms with Crippen LogP contribution in [0.1, 0.15) is 11.1 Å². The molecule has 0 aliphatic carbocycles. The maximum Gasteiger partial charge on any atom is 0.196 e. The monoisotopic (exact) mass is 485 g/mol. The fourth-order valence-electron chi connectivity index (χ4n) is 3.30. The molecule has 3 aromatic carbocycles. The van der Waals surface area contributed by atoms with Crippen LogP contribution >= 0.6 is 35.0 Å². The van der Waals surface area contributed by atoms with Crippen molar-refractivity contribution in [1.29, 1.82) is 0 Å². The molecule has 0 saturated carbocycles.